The first kappa shape index (κ1) is 19.2. The average Bonchev–Trinajstić information content (AvgIpc) is 2.64. The molecule has 0 radical (unpaired) electrons. The third-order valence-corrected chi connectivity index (χ3v) is 4.82. The molecule has 1 saturated heterocycles. The Hall–Kier alpha value is -2.08. The van der Waals surface area contributed by atoms with E-state index in [4.69, 9.17) is 11.5 Å². The molecule has 0 atom stereocenters. The molecule has 0 spiro atoms. The highest BCUT2D eigenvalue weighted by molar-refractivity contribution is 5.77. The smallest absolute Gasteiger partial charge is 0.222 e. The minimum absolute atomic E-state index is 0.0830. The second kappa shape index (κ2) is 10.0. The molecular formula is C19H31N5O. The minimum atomic E-state index is 0.0830. The summed E-state index contributed by atoms with van der Waals surface area (Å²) >= 11 is 0. The molecule has 1 amide bonds. The number of hydrogen-bond acceptors (Lipinski definition) is 3. The normalized spacial score (nSPS) is 15.7. The summed E-state index contributed by atoms with van der Waals surface area (Å²) in [5.41, 5.74) is 12.1. The number of benzene rings is 1. The number of aliphatic imine (C=N–C) groups is 1. The van der Waals surface area contributed by atoms with Gasteiger partial charge in [0, 0.05) is 38.6 Å². The third-order valence-electron chi connectivity index (χ3n) is 4.82. The van der Waals surface area contributed by atoms with Crippen LogP contribution in [0.3, 0.4) is 0 Å². The molecule has 1 heterocycles. The van der Waals surface area contributed by atoms with Crippen LogP contribution in [0.2, 0.25) is 0 Å². The number of guanidine groups is 1. The Morgan fingerprint density at radius 3 is 2.52 bits per heavy atom. The second-order valence-electron chi connectivity index (χ2n) is 6.56. The molecule has 6 nitrogen and oxygen atoms in total. The number of carbonyl (C=O) groups excluding carboxylic acids is 1. The van der Waals surface area contributed by atoms with E-state index in [0.29, 0.717) is 25.6 Å². The summed E-state index contributed by atoms with van der Waals surface area (Å²) in [5.74, 6) is 0.271. The summed E-state index contributed by atoms with van der Waals surface area (Å²) in [5, 5.41) is 0. The van der Waals surface area contributed by atoms with Gasteiger partial charge in [0.15, 0.2) is 5.96 Å². The van der Waals surface area contributed by atoms with Crippen molar-refractivity contribution < 1.29 is 4.79 Å². The Labute approximate surface area is 150 Å². The summed E-state index contributed by atoms with van der Waals surface area (Å²) in [6.45, 7) is 6.12. The number of piperidine rings is 1. The zero-order valence-electron chi connectivity index (χ0n) is 15.2. The van der Waals surface area contributed by atoms with Crippen LogP contribution in [0.15, 0.2) is 35.3 Å². The van der Waals surface area contributed by atoms with Crippen molar-refractivity contribution in [1.29, 1.82) is 0 Å². The lowest BCUT2D eigenvalue weighted by Gasteiger charge is -2.38. The van der Waals surface area contributed by atoms with Crippen LogP contribution in [-0.4, -0.2) is 60.4 Å². The molecule has 138 valence electrons. The largest absolute Gasteiger partial charge is 0.370 e. The fourth-order valence-electron chi connectivity index (χ4n) is 3.39. The number of nitrogens with two attached hydrogens (primary N) is 2. The molecule has 0 unspecified atom stereocenters. The summed E-state index contributed by atoms with van der Waals surface area (Å²) in [4.78, 5) is 20.8. The predicted molar refractivity (Wildman–Crippen MR) is 102 cm³/mol. The van der Waals surface area contributed by atoms with E-state index in [2.05, 4.69) is 40.2 Å². The van der Waals surface area contributed by atoms with Gasteiger partial charge >= 0.3 is 0 Å². The molecule has 2 rings (SSSR count). The molecule has 1 fully saturated rings. The standard InChI is InChI=1S/C19H31N5O/c1-2-18(25)24(15-11-22-19(20)21)17-9-13-23(14-10-17)12-8-16-6-4-3-5-7-16/h3-7,17H,2,8-15H2,1H3,(H4,20,21,22). The van der Waals surface area contributed by atoms with Crippen LogP contribution in [0, 0.1) is 0 Å². The first-order valence-corrected chi connectivity index (χ1v) is 9.21. The van der Waals surface area contributed by atoms with E-state index in [1.54, 1.807) is 0 Å². The highest BCUT2D eigenvalue weighted by Crippen LogP contribution is 2.18. The molecule has 25 heavy (non-hydrogen) atoms. The van der Waals surface area contributed by atoms with Gasteiger partial charge in [-0.3, -0.25) is 9.79 Å². The SMILES string of the molecule is CCC(=O)N(CCN=C(N)N)C1CCN(CCc2ccccc2)CC1. The summed E-state index contributed by atoms with van der Waals surface area (Å²) < 4.78 is 0. The van der Waals surface area contributed by atoms with Gasteiger partial charge in [0.1, 0.15) is 0 Å². The highest BCUT2D eigenvalue weighted by Gasteiger charge is 2.26. The van der Waals surface area contributed by atoms with Gasteiger partial charge < -0.3 is 21.3 Å². The number of hydrogen-bond donors (Lipinski definition) is 2. The number of rotatable bonds is 8. The molecule has 0 aliphatic carbocycles. The van der Waals surface area contributed by atoms with E-state index in [0.717, 1.165) is 38.9 Å². The van der Waals surface area contributed by atoms with Crippen molar-refractivity contribution in [3.63, 3.8) is 0 Å². The van der Waals surface area contributed by atoms with Crippen LogP contribution in [0.1, 0.15) is 31.7 Å². The Bertz CT molecular complexity index is 548. The zero-order chi connectivity index (χ0) is 18.1. The molecule has 6 heteroatoms. The van der Waals surface area contributed by atoms with Crippen LogP contribution in [-0.2, 0) is 11.2 Å². The van der Waals surface area contributed by atoms with Gasteiger partial charge in [0.2, 0.25) is 5.91 Å². The minimum Gasteiger partial charge on any atom is -0.370 e. The Morgan fingerprint density at radius 1 is 1.24 bits per heavy atom. The van der Waals surface area contributed by atoms with Crippen molar-refractivity contribution in [2.75, 3.05) is 32.7 Å². The molecule has 0 aromatic heterocycles. The highest BCUT2D eigenvalue weighted by atomic mass is 16.2. The van der Waals surface area contributed by atoms with Gasteiger partial charge in [0.05, 0.1) is 6.54 Å². The maximum atomic E-state index is 12.3. The van der Waals surface area contributed by atoms with Crippen LogP contribution in [0.25, 0.3) is 0 Å². The van der Waals surface area contributed by atoms with Crippen LogP contribution >= 0.6 is 0 Å². The first-order chi connectivity index (χ1) is 12.1. The van der Waals surface area contributed by atoms with Gasteiger partial charge in [0.25, 0.3) is 0 Å². The Kier molecular flexibility index (Phi) is 7.73. The van der Waals surface area contributed by atoms with Gasteiger partial charge in [-0.15, -0.1) is 0 Å². The fraction of sp³-hybridized carbons (Fsp3) is 0.579. The number of nitrogens with zero attached hydrogens (tertiary/aromatic N) is 3. The fourth-order valence-corrected chi connectivity index (χ4v) is 3.39. The number of likely N-dealkylation sites (tertiary alicyclic amines) is 1. The quantitative estimate of drug-likeness (QED) is 0.547. The third kappa shape index (κ3) is 6.38. The molecule has 4 N–H and O–H groups in total. The lowest BCUT2D eigenvalue weighted by Crippen LogP contribution is -2.48. The molecule has 1 aromatic rings. The zero-order valence-corrected chi connectivity index (χ0v) is 15.2. The van der Waals surface area contributed by atoms with Crippen molar-refractivity contribution in [3.05, 3.63) is 35.9 Å². The second-order valence-corrected chi connectivity index (χ2v) is 6.56. The average molecular weight is 345 g/mol. The van der Waals surface area contributed by atoms with Crippen molar-refractivity contribution in [3.8, 4) is 0 Å². The number of amides is 1. The van der Waals surface area contributed by atoms with Crippen molar-refractivity contribution >= 4 is 11.9 Å². The van der Waals surface area contributed by atoms with E-state index in [9.17, 15) is 4.79 Å². The van der Waals surface area contributed by atoms with Gasteiger partial charge in [-0.05, 0) is 24.8 Å². The topological polar surface area (TPSA) is 87.9 Å². The maximum absolute atomic E-state index is 12.3. The van der Waals surface area contributed by atoms with Gasteiger partial charge in [-0.25, -0.2) is 0 Å². The van der Waals surface area contributed by atoms with E-state index in [1.165, 1.54) is 5.56 Å². The Morgan fingerprint density at radius 2 is 1.92 bits per heavy atom. The maximum Gasteiger partial charge on any atom is 0.222 e. The summed E-state index contributed by atoms with van der Waals surface area (Å²) in [6.07, 6.45) is 3.63. The van der Waals surface area contributed by atoms with Crippen LogP contribution in [0.4, 0.5) is 0 Å². The monoisotopic (exact) mass is 345 g/mol. The molecule has 0 bridgehead atoms. The first-order valence-electron chi connectivity index (χ1n) is 9.21. The predicted octanol–water partition coefficient (Wildman–Crippen LogP) is 1.21. The van der Waals surface area contributed by atoms with Crippen LogP contribution in [0.5, 0.6) is 0 Å². The molecule has 1 aromatic carbocycles. The van der Waals surface area contributed by atoms with Gasteiger partial charge in [-0.2, -0.15) is 0 Å². The van der Waals surface area contributed by atoms with Crippen molar-refractivity contribution in [1.82, 2.24) is 9.80 Å². The van der Waals surface area contributed by atoms with Crippen molar-refractivity contribution in [2.45, 2.75) is 38.6 Å². The van der Waals surface area contributed by atoms with E-state index in [-0.39, 0.29) is 11.9 Å². The lowest BCUT2D eigenvalue weighted by molar-refractivity contribution is -0.134. The molecule has 1 aliphatic rings. The van der Waals surface area contributed by atoms with Gasteiger partial charge in [-0.1, -0.05) is 37.3 Å². The number of carbonyl (C=O) groups is 1. The lowest BCUT2D eigenvalue weighted by atomic mass is 10.0. The molecular weight excluding hydrogens is 314 g/mol. The van der Waals surface area contributed by atoms with E-state index < -0.39 is 0 Å². The molecule has 1 aliphatic heterocycles. The van der Waals surface area contributed by atoms with Crippen molar-refractivity contribution in [2.24, 2.45) is 16.5 Å². The molecule has 0 saturated carbocycles. The van der Waals surface area contributed by atoms with Crippen LogP contribution < -0.4 is 11.5 Å². The Balaban J connectivity index is 1.80. The van der Waals surface area contributed by atoms with E-state index in [1.807, 2.05) is 11.8 Å². The van der Waals surface area contributed by atoms with E-state index >= 15 is 0 Å². The summed E-state index contributed by atoms with van der Waals surface area (Å²) in [7, 11) is 0. The summed E-state index contributed by atoms with van der Waals surface area (Å²) in [6, 6.07) is 10.9.